The first kappa shape index (κ1) is 20.3. The Kier molecular flexibility index (Phi) is 11.2. The summed E-state index contributed by atoms with van der Waals surface area (Å²) in [6.07, 6.45) is 16.8. The lowest BCUT2D eigenvalue weighted by Gasteiger charge is -2.27. The molecule has 0 unspecified atom stereocenters. The molecule has 0 bridgehead atoms. The number of ketones is 2. The average Bonchev–Trinajstić information content (AvgIpc) is 2.51. The van der Waals surface area contributed by atoms with Crippen molar-refractivity contribution in [1.29, 1.82) is 0 Å². The van der Waals surface area contributed by atoms with Gasteiger partial charge in [0.2, 0.25) is 0 Å². The largest absolute Gasteiger partial charge is 0.305 e. The molecule has 0 aromatic carbocycles. The third-order valence-corrected chi connectivity index (χ3v) is 5.04. The number of unbranched alkanes of at least 4 members (excludes halogenated alkanes) is 9. The topological polar surface area (TPSA) is 46.2 Å². The lowest BCUT2D eigenvalue weighted by atomic mass is 9.94. The van der Waals surface area contributed by atoms with Gasteiger partial charge in [-0.3, -0.25) is 4.79 Å². The molecule has 23 heavy (non-hydrogen) atoms. The summed E-state index contributed by atoms with van der Waals surface area (Å²) < 4.78 is 0. The summed E-state index contributed by atoms with van der Waals surface area (Å²) >= 11 is 0. The van der Waals surface area contributed by atoms with Gasteiger partial charge in [0.1, 0.15) is 11.6 Å². The van der Waals surface area contributed by atoms with Crippen LogP contribution in [0.5, 0.6) is 0 Å². The fourth-order valence-corrected chi connectivity index (χ4v) is 3.47. The molecule has 1 N–H and O–H groups in total. The number of nitrogens with one attached hydrogen (secondary N) is 1. The van der Waals surface area contributed by atoms with E-state index in [9.17, 15) is 9.59 Å². The molecule has 0 aliphatic carbocycles. The SMILES string of the molecule is CC(=O)CCCCCCCCCCCC[C@H]1CCC(=O)[C@@H](C)N1. The lowest BCUT2D eigenvalue weighted by molar-refractivity contribution is -0.122. The predicted octanol–water partition coefficient (Wildman–Crippen LogP) is 4.97. The summed E-state index contributed by atoms with van der Waals surface area (Å²) in [5, 5.41) is 3.44. The molecule has 0 amide bonds. The number of hydrogen-bond donors (Lipinski definition) is 1. The first-order valence-corrected chi connectivity index (χ1v) is 9.88. The molecule has 2 atom stereocenters. The van der Waals surface area contributed by atoms with Gasteiger partial charge in [0, 0.05) is 18.9 Å². The molecule has 3 nitrogen and oxygen atoms in total. The van der Waals surface area contributed by atoms with Crippen molar-refractivity contribution in [2.24, 2.45) is 0 Å². The van der Waals surface area contributed by atoms with Gasteiger partial charge in [-0.2, -0.15) is 0 Å². The number of carbonyl (C=O) groups excluding carboxylic acids is 2. The van der Waals surface area contributed by atoms with Crippen LogP contribution in [0.25, 0.3) is 0 Å². The summed E-state index contributed by atoms with van der Waals surface area (Å²) in [5.74, 6) is 0.706. The minimum atomic E-state index is 0.0733. The van der Waals surface area contributed by atoms with Crippen LogP contribution in [-0.4, -0.2) is 23.7 Å². The van der Waals surface area contributed by atoms with Crippen molar-refractivity contribution < 1.29 is 9.59 Å². The van der Waals surface area contributed by atoms with Gasteiger partial charge in [0.05, 0.1) is 6.04 Å². The van der Waals surface area contributed by atoms with E-state index in [1.165, 1.54) is 64.2 Å². The van der Waals surface area contributed by atoms with Crippen LogP contribution in [0.3, 0.4) is 0 Å². The van der Waals surface area contributed by atoms with Crippen molar-refractivity contribution >= 4 is 11.6 Å². The van der Waals surface area contributed by atoms with E-state index in [4.69, 9.17) is 0 Å². The van der Waals surface area contributed by atoms with E-state index in [0.29, 0.717) is 17.6 Å². The van der Waals surface area contributed by atoms with Crippen molar-refractivity contribution in [3.05, 3.63) is 0 Å². The third kappa shape index (κ3) is 10.6. The fraction of sp³-hybridized carbons (Fsp3) is 0.900. The zero-order valence-electron chi connectivity index (χ0n) is 15.4. The van der Waals surface area contributed by atoms with Crippen LogP contribution in [0.15, 0.2) is 0 Å². The minimum absolute atomic E-state index is 0.0733. The standard InChI is InChI=1S/C20H37NO2/c1-17(22)13-11-9-7-5-3-4-6-8-10-12-14-19-15-16-20(23)18(2)21-19/h18-19,21H,3-16H2,1-2H3/t18-,19+/m1/s1. The highest BCUT2D eigenvalue weighted by atomic mass is 16.1. The molecular weight excluding hydrogens is 286 g/mol. The second-order valence-electron chi connectivity index (χ2n) is 7.37. The molecule has 0 saturated carbocycles. The number of Topliss-reactive ketones (excluding diaryl/α,β-unsaturated/α-hetero) is 2. The summed E-state index contributed by atoms with van der Waals surface area (Å²) in [6.45, 7) is 3.68. The van der Waals surface area contributed by atoms with Crippen LogP contribution in [0, 0.1) is 0 Å². The van der Waals surface area contributed by atoms with Crippen molar-refractivity contribution in [1.82, 2.24) is 5.32 Å². The molecule has 1 rings (SSSR count). The molecule has 1 aliphatic rings. The summed E-state index contributed by atoms with van der Waals surface area (Å²) in [6, 6.07) is 0.641. The summed E-state index contributed by atoms with van der Waals surface area (Å²) in [7, 11) is 0. The van der Waals surface area contributed by atoms with Crippen LogP contribution in [0.4, 0.5) is 0 Å². The first-order valence-electron chi connectivity index (χ1n) is 9.88. The van der Waals surface area contributed by atoms with Gasteiger partial charge in [0.15, 0.2) is 0 Å². The maximum Gasteiger partial charge on any atom is 0.149 e. The predicted molar refractivity (Wildman–Crippen MR) is 96.7 cm³/mol. The Labute approximate surface area is 143 Å². The highest BCUT2D eigenvalue weighted by Crippen LogP contribution is 2.16. The molecule has 1 saturated heterocycles. The molecular formula is C20H37NO2. The molecule has 0 radical (unpaired) electrons. The van der Waals surface area contributed by atoms with Crippen LogP contribution >= 0.6 is 0 Å². The third-order valence-electron chi connectivity index (χ3n) is 5.04. The number of piperidine rings is 1. The van der Waals surface area contributed by atoms with Crippen molar-refractivity contribution in [2.45, 2.75) is 116 Å². The first-order chi connectivity index (χ1) is 11.1. The summed E-state index contributed by atoms with van der Waals surface area (Å²) in [5.41, 5.74) is 0. The van der Waals surface area contributed by atoms with Crippen molar-refractivity contribution in [2.75, 3.05) is 0 Å². The molecule has 1 fully saturated rings. The van der Waals surface area contributed by atoms with Gasteiger partial charge < -0.3 is 10.1 Å². The van der Waals surface area contributed by atoms with Gasteiger partial charge in [-0.15, -0.1) is 0 Å². The Bertz CT molecular complexity index is 341. The van der Waals surface area contributed by atoms with Gasteiger partial charge in [-0.05, 0) is 33.1 Å². The van der Waals surface area contributed by atoms with Gasteiger partial charge in [-0.25, -0.2) is 0 Å². The molecule has 3 heteroatoms. The van der Waals surface area contributed by atoms with Gasteiger partial charge in [-0.1, -0.05) is 57.8 Å². The molecule has 0 aromatic heterocycles. The zero-order chi connectivity index (χ0) is 16.9. The lowest BCUT2D eigenvalue weighted by Crippen LogP contribution is -2.46. The summed E-state index contributed by atoms with van der Waals surface area (Å²) in [4.78, 5) is 22.3. The quantitative estimate of drug-likeness (QED) is 0.487. The normalized spacial score (nSPS) is 21.6. The Morgan fingerprint density at radius 2 is 1.48 bits per heavy atom. The Hall–Kier alpha value is -0.700. The van der Waals surface area contributed by atoms with E-state index in [1.54, 1.807) is 6.92 Å². The maximum absolute atomic E-state index is 11.5. The highest BCUT2D eigenvalue weighted by molar-refractivity contribution is 5.84. The van der Waals surface area contributed by atoms with Crippen molar-refractivity contribution in [3.8, 4) is 0 Å². The van der Waals surface area contributed by atoms with E-state index in [1.807, 2.05) is 6.92 Å². The van der Waals surface area contributed by atoms with E-state index in [-0.39, 0.29) is 6.04 Å². The van der Waals surface area contributed by atoms with Crippen LogP contribution in [0.2, 0.25) is 0 Å². The Morgan fingerprint density at radius 1 is 0.957 bits per heavy atom. The van der Waals surface area contributed by atoms with Gasteiger partial charge >= 0.3 is 0 Å². The average molecular weight is 324 g/mol. The maximum atomic E-state index is 11.5. The smallest absolute Gasteiger partial charge is 0.149 e. The number of carbonyl (C=O) groups is 2. The van der Waals surface area contributed by atoms with Gasteiger partial charge in [0.25, 0.3) is 0 Å². The monoisotopic (exact) mass is 323 g/mol. The highest BCUT2D eigenvalue weighted by Gasteiger charge is 2.23. The van der Waals surface area contributed by atoms with Crippen molar-refractivity contribution in [3.63, 3.8) is 0 Å². The van der Waals surface area contributed by atoms with E-state index in [2.05, 4.69) is 5.32 Å². The number of rotatable bonds is 13. The molecule has 134 valence electrons. The van der Waals surface area contributed by atoms with E-state index >= 15 is 0 Å². The van der Waals surface area contributed by atoms with Crippen LogP contribution in [-0.2, 0) is 9.59 Å². The second-order valence-corrected chi connectivity index (χ2v) is 7.37. The molecule has 0 spiro atoms. The van der Waals surface area contributed by atoms with Crippen LogP contribution in [0.1, 0.15) is 104 Å². The van der Waals surface area contributed by atoms with E-state index < -0.39 is 0 Å². The number of hydrogen-bond acceptors (Lipinski definition) is 3. The second kappa shape index (κ2) is 12.7. The molecule has 0 aromatic rings. The van der Waals surface area contributed by atoms with Crippen LogP contribution < -0.4 is 5.32 Å². The molecule has 1 aliphatic heterocycles. The fourth-order valence-electron chi connectivity index (χ4n) is 3.47. The minimum Gasteiger partial charge on any atom is -0.305 e. The van der Waals surface area contributed by atoms with E-state index in [0.717, 1.165) is 25.7 Å². The molecule has 1 heterocycles. The Morgan fingerprint density at radius 3 is 2.00 bits per heavy atom. The zero-order valence-corrected chi connectivity index (χ0v) is 15.4. The Balaban J connectivity index is 1.80.